The number of hydroxylamine groups is 1. The van der Waals surface area contributed by atoms with Crippen molar-refractivity contribution in [2.24, 2.45) is 0 Å². The largest absolute Gasteiger partial charge is 0.465 e. The second-order valence-corrected chi connectivity index (χ2v) is 8.05. The number of allylic oxidation sites excluding steroid dienone is 1. The summed E-state index contributed by atoms with van der Waals surface area (Å²) in [5.41, 5.74) is 4.67. The molecule has 1 fully saturated rings. The Morgan fingerprint density at radius 1 is 0.861 bits per heavy atom. The van der Waals surface area contributed by atoms with Crippen molar-refractivity contribution < 1.29 is 29.5 Å². The van der Waals surface area contributed by atoms with E-state index in [0.29, 0.717) is 31.7 Å². The predicted molar refractivity (Wildman–Crippen MR) is 137 cm³/mol. The van der Waals surface area contributed by atoms with Gasteiger partial charge in [0.1, 0.15) is 0 Å². The molecule has 0 aliphatic carbocycles. The summed E-state index contributed by atoms with van der Waals surface area (Å²) in [7, 11) is 3.38. The summed E-state index contributed by atoms with van der Waals surface area (Å²) in [4.78, 5) is 48.8. The Balaban J connectivity index is 0.000000830. The van der Waals surface area contributed by atoms with E-state index in [1.807, 2.05) is 24.3 Å². The van der Waals surface area contributed by atoms with Crippen molar-refractivity contribution in [1.29, 1.82) is 0 Å². The number of carbonyl (C=O) groups excluding carboxylic acids is 3. The minimum atomic E-state index is -0.896. The van der Waals surface area contributed by atoms with Gasteiger partial charge in [0.05, 0.1) is 0 Å². The zero-order valence-electron chi connectivity index (χ0n) is 20.2. The molecule has 1 heterocycles. The number of amides is 3. The fourth-order valence-corrected chi connectivity index (χ4v) is 3.19. The highest BCUT2D eigenvalue weighted by Crippen LogP contribution is 2.18. The van der Waals surface area contributed by atoms with Crippen LogP contribution in [0.4, 0.5) is 10.5 Å². The number of nitrogens with zero attached hydrogens (tertiary/aromatic N) is 3. The Bertz CT molecular complexity index is 1090. The third-order valence-corrected chi connectivity index (χ3v) is 5.18. The minimum Gasteiger partial charge on any atom is -0.465 e. The quantitative estimate of drug-likeness (QED) is 0.177. The van der Waals surface area contributed by atoms with Crippen LogP contribution < -0.4 is 10.4 Å². The van der Waals surface area contributed by atoms with Gasteiger partial charge in [-0.2, -0.15) is 0 Å². The zero-order chi connectivity index (χ0) is 26.5. The van der Waals surface area contributed by atoms with Crippen molar-refractivity contribution in [3.05, 3.63) is 77.4 Å². The molecule has 1 aliphatic rings. The Morgan fingerprint density at radius 3 is 1.81 bits per heavy atom. The zero-order valence-corrected chi connectivity index (χ0v) is 20.2. The molecule has 2 aromatic rings. The maximum Gasteiger partial charge on any atom is 0.407 e. The van der Waals surface area contributed by atoms with E-state index in [4.69, 9.17) is 10.3 Å². The van der Waals surface area contributed by atoms with Crippen LogP contribution in [0.15, 0.2) is 60.7 Å². The summed E-state index contributed by atoms with van der Waals surface area (Å²) in [6.45, 7) is 2.16. The van der Waals surface area contributed by atoms with Gasteiger partial charge in [-0.05, 0) is 47.5 Å². The SMILES string of the molecule is CN(C)C=O.O=C(/C=C/c1ccc(/C=C/C(=O)c2ccc(N3CCN(C(=O)O)CC3)cc2)cc1)NO. The van der Waals surface area contributed by atoms with Crippen LogP contribution in [0.1, 0.15) is 21.5 Å². The molecule has 10 heteroatoms. The lowest BCUT2D eigenvalue weighted by Gasteiger charge is -2.34. The monoisotopic (exact) mass is 494 g/mol. The highest BCUT2D eigenvalue weighted by molar-refractivity contribution is 6.07. The van der Waals surface area contributed by atoms with E-state index in [9.17, 15) is 19.2 Å². The highest BCUT2D eigenvalue weighted by atomic mass is 16.5. The van der Waals surface area contributed by atoms with Gasteiger partial charge >= 0.3 is 6.09 Å². The number of anilines is 1. The van der Waals surface area contributed by atoms with Crippen LogP contribution in [0.3, 0.4) is 0 Å². The standard InChI is InChI=1S/C23H23N3O5.C3H7NO/c27-21(11-5-17-1-3-18(4-2-17)6-12-22(28)24-31)19-7-9-20(10-8-19)25-13-15-26(16-14-25)23(29)30;1-4(2)3-5/h1-12,31H,13-16H2,(H,24,28)(H,29,30);3H,1-2H3/b11-5+,12-6+;. The molecule has 3 N–H and O–H groups in total. The molecule has 1 aliphatic heterocycles. The number of hydrogen-bond donors (Lipinski definition) is 3. The minimum absolute atomic E-state index is 0.120. The van der Waals surface area contributed by atoms with Crippen LogP contribution in [-0.2, 0) is 9.59 Å². The summed E-state index contributed by atoms with van der Waals surface area (Å²) >= 11 is 0. The van der Waals surface area contributed by atoms with E-state index >= 15 is 0 Å². The number of benzene rings is 2. The third-order valence-electron chi connectivity index (χ3n) is 5.18. The molecular formula is C26H30N4O6. The summed E-state index contributed by atoms with van der Waals surface area (Å²) < 4.78 is 0. The molecule has 36 heavy (non-hydrogen) atoms. The third kappa shape index (κ3) is 9.07. The van der Waals surface area contributed by atoms with Gasteiger partial charge in [-0.25, -0.2) is 10.3 Å². The van der Waals surface area contributed by atoms with Gasteiger partial charge < -0.3 is 19.8 Å². The van der Waals surface area contributed by atoms with E-state index in [2.05, 4.69) is 4.90 Å². The number of carbonyl (C=O) groups is 4. The summed E-state index contributed by atoms with van der Waals surface area (Å²) in [5, 5.41) is 17.5. The average molecular weight is 495 g/mol. The van der Waals surface area contributed by atoms with E-state index in [-0.39, 0.29) is 5.78 Å². The summed E-state index contributed by atoms with van der Waals surface area (Å²) in [6, 6.07) is 14.5. The van der Waals surface area contributed by atoms with Crippen molar-refractivity contribution in [3.63, 3.8) is 0 Å². The molecule has 3 rings (SSSR count). The van der Waals surface area contributed by atoms with Crippen LogP contribution in [0.2, 0.25) is 0 Å². The number of carboxylic acid groups (broad SMARTS) is 1. The van der Waals surface area contributed by atoms with Crippen molar-refractivity contribution in [2.75, 3.05) is 45.2 Å². The van der Waals surface area contributed by atoms with Crippen LogP contribution in [0.5, 0.6) is 0 Å². The smallest absolute Gasteiger partial charge is 0.407 e. The number of rotatable bonds is 7. The van der Waals surface area contributed by atoms with Crippen LogP contribution >= 0.6 is 0 Å². The molecule has 1 saturated heterocycles. The molecule has 0 bridgehead atoms. The van der Waals surface area contributed by atoms with Crippen LogP contribution in [-0.4, -0.2) is 84.6 Å². The molecule has 10 nitrogen and oxygen atoms in total. The first-order chi connectivity index (χ1) is 17.2. The summed E-state index contributed by atoms with van der Waals surface area (Å²) in [5.74, 6) is -0.728. The topological polar surface area (TPSA) is 130 Å². The number of ketones is 1. The van der Waals surface area contributed by atoms with E-state index < -0.39 is 12.0 Å². The lowest BCUT2D eigenvalue weighted by Crippen LogP contribution is -2.48. The van der Waals surface area contributed by atoms with Crippen LogP contribution in [0.25, 0.3) is 12.2 Å². The Labute approximate surface area is 209 Å². The number of hydrogen-bond acceptors (Lipinski definition) is 6. The molecule has 3 amide bonds. The molecule has 0 spiro atoms. The Kier molecular flexibility index (Phi) is 10.9. The number of piperazine rings is 1. The van der Waals surface area contributed by atoms with Gasteiger partial charge in [0, 0.05) is 57.6 Å². The molecule has 0 aromatic heterocycles. The fourth-order valence-electron chi connectivity index (χ4n) is 3.19. The second-order valence-electron chi connectivity index (χ2n) is 8.05. The maximum absolute atomic E-state index is 12.4. The van der Waals surface area contributed by atoms with Crippen molar-refractivity contribution in [2.45, 2.75) is 0 Å². The normalized spacial score (nSPS) is 13.2. The molecule has 0 radical (unpaired) electrons. The molecule has 0 saturated carbocycles. The number of nitrogens with one attached hydrogen (secondary N) is 1. The van der Waals surface area contributed by atoms with Gasteiger partial charge in [-0.1, -0.05) is 30.3 Å². The maximum atomic E-state index is 12.4. The predicted octanol–water partition coefficient (Wildman–Crippen LogP) is 2.61. The van der Waals surface area contributed by atoms with Crippen molar-refractivity contribution in [3.8, 4) is 0 Å². The fraction of sp³-hybridized carbons (Fsp3) is 0.231. The van der Waals surface area contributed by atoms with Crippen molar-refractivity contribution >= 4 is 42.0 Å². The first-order valence-electron chi connectivity index (χ1n) is 11.1. The first-order valence-corrected chi connectivity index (χ1v) is 11.1. The Morgan fingerprint density at radius 2 is 1.36 bits per heavy atom. The highest BCUT2D eigenvalue weighted by Gasteiger charge is 2.20. The molecule has 0 atom stereocenters. The van der Waals surface area contributed by atoms with Gasteiger partial charge in [0.25, 0.3) is 5.91 Å². The Hall–Kier alpha value is -4.44. The van der Waals surface area contributed by atoms with Gasteiger partial charge in [-0.15, -0.1) is 0 Å². The van der Waals surface area contributed by atoms with E-state index in [1.165, 1.54) is 27.4 Å². The lowest BCUT2D eigenvalue weighted by molar-refractivity contribution is -0.124. The molecule has 190 valence electrons. The molecule has 0 unspecified atom stereocenters. The van der Waals surface area contributed by atoms with Gasteiger partial charge in [0.15, 0.2) is 5.78 Å². The second kappa shape index (κ2) is 14.1. The lowest BCUT2D eigenvalue weighted by atomic mass is 10.1. The van der Waals surface area contributed by atoms with Crippen LogP contribution in [0, 0.1) is 0 Å². The van der Waals surface area contributed by atoms with Gasteiger partial charge in [0.2, 0.25) is 6.41 Å². The first kappa shape index (κ1) is 27.8. The summed E-state index contributed by atoms with van der Waals surface area (Å²) in [6.07, 6.45) is 5.85. The van der Waals surface area contributed by atoms with Gasteiger partial charge in [-0.3, -0.25) is 19.6 Å². The van der Waals surface area contributed by atoms with Crippen molar-refractivity contribution in [1.82, 2.24) is 15.3 Å². The molecule has 2 aromatic carbocycles. The van der Waals surface area contributed by atoms with E-state index in [1.54, 1.807) is 50.5 Å². The molecular weight excluding hydrogens is 464 g/mol. The van der Waals surface area contributed by atoms with E-state index in [0.717, 1.165) is 23.2 Å². The average Bonchev–Trinajstić information content (AvgIpc) is 2.91.